The molecule has 0 saturated heterocycles. The van der Waals surface area contributed by atoms with Gasteiger partial charge >= 0.3 is 6.09 Å². The number of ether oxygens (including phenoxy) is 2. The van der Waals surface area contributed by atoms with Crippen molar-refractivity contribution in [1.82, 2.24) is 4.57 Å². The molecule has 0 atom stereocenters. The van der Waals surface area contributed by atoms with Crippen LogP contribution in [0.2, 0.25) is 0 Å². The second kappa shape index (κ2) is 7.07. The van der Waals surface area contributed by atoms with Crippen LogP contribution in [-0.4, -0.2) is 23.9 Å². The van der Waals surface area contributed by atoms with Crippen LogP contribution in [0.3, 0.4) is 0 Å². The molecule has 3 rings (SSSR count). The summed E-state index contributed by atoms with van der Waals surface area (Å²) in [6, 6.07) is 6.01. The minimum absolute atomic E-state index is 0.292. The molecule has 1 aliphatic heterocycles. The monoisotopic (exact) mass is 315 g/mol. The zero-order valence-corrected chi connectivity index (χ0v) is 14.1. The van der Waals surface area contributed by atoms with Gasteiger partial charge in [0.1, 0.15) is 5.75 Å². The van der Waals surface area contributed by atoms with Crippen molar-refractivity contribution in [3.8, 4) is 5.75 Å². The molecule has 1 aromatic heterocycles. The van der Waals surface area contributed by atoms with Crippen LogP contribution in [0, 0.1) is 6.92 Å². The Balaban J connectivity index is 2.10. The second-order valence-corrected chi connectivity index (χ2v) is 6.14. The van der Waals surface area contributed by atoms with Gasteiger partial charge in [0.15, 0.2) is 0 Å². The zero-order chi connectivity index (χ0) is 16.2. The van der Waals surface area contributed by atoms with Gasteiger partial charge in [-0.25, -0.2) is 9.36 Å². The first-order chi connectivity index (χ1) is 11.2. The largest absolute Gasteiger partial charge is 0.494 e. The van der Waals surface area contributed by atoms with Gasteiger partial charge < -0.3 is 9.47 Å². The summed E-state index contributed by atoms with van der Waals surface area (Å²) in [6.07, 6.45) is 6.67. The lowest BCUT2D eigenvalue weighted by atomic mass is 10.0. The SMILES string of the molecule is CCOC(=O)n1c(C)c2c3cc(ccc31)OCCCCCCC2. The topological polar surface area (TPSA) is 40.5 Å². The summed E-state index contributed by atoms with van der Waals surface area (Å²) in [6.45, 7) is 4.99. The molecule has 2 bridgehead atoms. The summed E-state index contributed by atoms with van der Waals surface area (Å²) >= 11 is 0. The molecule has 0 amide bonds. The Morgan fingerprint density at radius 2 is 2.00 bits per heavy atom. The number of aryl methyl sites for hydroxylation is 1. The van der Waals surface area contributed by atoms with Crippen molar-refractivity contribution in [1.29, 1.82) is 0 Å². The number of carbonyl (C=O) groups is 1. The van der Waals surface area contributed by atoms with Crippen LogP contribution in [0.15, 0.2) is 18.2 Å². The van der Waals surface area contributed by atoms with Gasteiger partial charge in [-0.15, -0.1) is 0 Å². The Bertz CT molecular complexity index is 702. The molecule has 0 unspecified atom stereocenters. The molecule has 124 valence electrons. The zero-order valence-electron chi connectivity index (χ0n) is 14.1. The van der Waals surface area contributed by atoms with Crippen LogP contribution in [-0.2, 0) is 11.2 Å². The minimum atomic E-state index is -0.292. The average molecular weight is 315 g/mol. The van der Waals surface area contributed by atoms with Gasteiger partial charge in [-0.3, -0.25) is 0 Å². The molecular weight excluding hydrogens is 290 g/mol. The fourth-order valence-corrected chi connectivity index (χ4v) is 3.42. The van der Waals surface area contributed by atoms with Gasteiger partial charge in [-0.05, 0) is 56.9 Å². The number of benzene rings is 1. The fourth-order valence-electron chi connectivity index (χ4n) is 3.42. The lowest BCUT2D eigenvalue weighted by Gasteiger charge is -2.09. The van der Waals surface area contributed by atoms with Gasteiger partial charge in [0.2, 0.25) is 0 Å². The highest BCUT2D eigenvalue weighted by Gasteiger charge is 2.20. The first-order valence-corrected chi connectivity index (χ1v) is 8.66. The summed E-state index contributed by atoms with van der Waals surface area (Å²) < 4.78 is 12.8. The van der Waals surface area contributed by atoms with E-state index >= 15 is 0 Å². The van der Waals surface area contributed by atoms with Crippen molar-refractivity contribution in [3.05, 3.63) is 29.5 Å². The van der Waals surface area contributed by atoms with Crippen molar-refractivity contribution in [2.75, 3.05) is 13.2 Å². The molecule has 4 heteroatoms. The molecule has 0 radical (unpaired) electrons. The first kappa shape index (κ1) is 15.9. The first-order valence-electron chi connectivity index (χ1n) is 8.66. The number of hydrogen-bond donors (Lipinski definition) is 0. The molecule has 0 saturated carbocycles. The Morgan fingerprint density at radius 3 is 2.83 bits per heavy atom. The Kier molecular flexibility index (Phi) is 4.89. The van der Waals surface area contributed by atoms with Crippen molar-refractivity contribution in [3.63, 3.8) is 0 Å². The molecule has 0 aliphatic carbocycles. The molecule has 0 spiro atoms. The maximum Gasteiger partial charge on any atom is 0.418 e. The van der Waals surface area contributed by atoms with E-state index in [-0.39, 0.29) is 6.09 Å². The van der Waals surface area contributed by atoms with E-state index < -0.39 is 0 Å². The highest BCUT2D eigenvalue weighted by atomic mass is 16.5. The molecule has 0 N–H and O–H groups in total. The van der Waals surface area contributed by atoms with E-state index in [1.807, 2.05) is 26.0 Å². The van der Waals surface area contributed by atoms with E-state index in [1.54, 1.807) is 4.57 Å². The smallest absolute Gasteiger partial charge is 0.418 e. The molecule has 23 heavy (non-hydrogen) atoms. The van der Waals surface area contributed by atoms with Crippen molar-refractivity contribution < 1.29 is 14.3 Å². The molecular formula is C19H25NO3. The number of aromatic nitrogens is 1. The quantitative estimate of drug-likeness (QED) is 0.756. The van der Waals surface area contributed by atoms with Crippen LogP contribution in [0.1, 0.15) is 50.3 Å². The second-order valence-electron chi connectivity index (χ2n) is 6.14. The number of nitrogens with zero attached hydrogens (tertiary/aromatic N) is 1. The molecule has 4 nitrogen and oxygen atoms in total. The normalized spacial score (nSPS) is 15.7. The van der Waals surface area contributed by atoms with E-state index in [0.29, 0.717) is 6.61 Å². The van der Waals surface area contributed by atoms with Gasteiger partial charge in [0, 0.05) is 11.1 Å². The number of fused-ring (bicyclic) bond motifs is 1. The van der Waals surface area contributed by atoms with Crippen LogP contribution in [0.5, 0.6) is 5.75 Å². The van der Waals surface area contributed by atoms with E-state index in [9.17, 15) is 4.79 Å². The summed E-state index contributed by atoms with van der Waals surface area (Å²) in [4.78, 5) is 12.4. The van der Waals surface area contributed by atoms with Gasteiger partial charge in [-0.2, -0.15) is 0 Å². The van der Waals surface area contributed by atoms with Gasteiger partial charge in [0.05, 0.1) is 18.7 Å². The van der Waals surface area contributed by atoms with E-state index in [4.69, 9.17) is 9.47 Å². The third kappa shape index (κ3) is 3.21. The predicted molar refractivity (Wildman–Crippen MR) is 91.4 cm³/mol. The number of carbonyl (C=O) groups excluding carboxylic acids is 1. The standard InChI is InChI=1S/C19H25NO3/c1-3-22-19(21)20-14(2)16-9-7-5-4-6-8-12-23-15-10-11-18(20)17(16)13-15/h10-11,13H,3-9,12H2,1-2H3. The van der Waals surface area contributed by atoms with Crippen molar-refractivity contribution in [2.45, 2.75) is 52.4 Å². The van der Waals surface area contributed by atoms with Crippen molar-refractivity contribution in [2.24, 2.45) is 0 Å². The van der Waals surface area contributed by atoms with E-state index in [1.165, 1.54) is 24.8 Å². The fraction of sp³-hybridized carbons (Fsp3) is 0.526. The maximum absolute atomic E-state index is 12.4. The minimum Gasteiger partial charge on any atom is -0.494 e. The maximum atomic E-state index is 12.4. The summed E-state index contributed by atoms with van der Waals surface area (Å²) in [5, 5.41) is 1.12. The summed E-state index contributed by atoms with van der Waals surface area (Å²) in [5.41, 5.74) is 3.16. The van der Waals surface area contributed by atoms with Crippen LogP contribution in [0.25, 0.3) is 10.9 Å². The Morgan fingerprint density at radius 1 is 1.22 bits per heavy atom. The summed E-state index contributed by atoms with van der Waals surface area (Å²) in [5.74, 6) is 0.889. The highest BCUT2D eigenvalue weighted by molar-refractivity contribution is 5.94. The molecule has 1 aliphatic rings. The van der Waals surface area contributed by atoms with E-state index in [0.717, 1.165) is 48.2 Å². The molecule has 1 aromatic carbocycles. The van der Waals surface area contributed by atoms with E-state index in [2.05, 4.69) is 6.07 Å². The van der Waals surface area contributed by atoms with Crippen LogP contribution in [0.4, 0.5) is 4.79 Å². The third-order valence-electron chi connectivity index (χ3n) is 4.60. The predicted octanol–water partition coefficient (Wildman–Crippen LogP) is 4.84. The Hall–Kier alpha value is -1.97. The summed E-state index contributed by atoms with van der Waals surface area (Å²) in [7, 11) is 0. The lowest BCUT2D eigenvalue weighted by Crippen LogP contribution is -2.15. The van der Waals surface area contributed by atoms with Gasteiger partial charge in [-0.1, -0.05) is 19.3 Å². The third-order valence-corrected chi connectivity index (χ3v) is 4.60. The van der Waals surface area contributed by atoms with Gasteiger partial charge in [0.25, 0.3) is 0 Å². The highest BCUT2D eigenvalue weighted by Crippen LogP contribution is 2.31. The lowest BCUT2D eigenvalue weighted by molar-refractivity contribution is 0.154. The molecule has 2 aromatic rings. The molecule has 0 fully saturated rings. The molecule has 2 heterocycles. The van der Waals surface area contributed by atoms with Crippen molar-refractivity contribution >= 4 is 17.0 Å². The van der Waals surface area contributed by atoms with Crippen LogP contribution < -0.4 is 4.74 Å². The Labute approximate surface area is 137 Å². The number of rotatable bonds is 1. The number of hydrogen-bond acceptors (Lipinski definition) is 3. The average Bonchev–Trinajstić information content (AvgIpc) is 2.80. The van der Waals surface area contributed by atoms with Crippen LogP contribution >= 0.6 is 0 Å².